The van der Waals surface area contributed by atoms with Crippen molar-refractivity contribution >= 4 is 26.1 Å². The van der Waals surface area contributed by atoms with Gasteiger partial charge in [0.15, 0.2) is 0 Å². The van der Waals surface area contributed by atoms with Crippen molar-refractivity contribution in [3.05, 3.63) is 0 Å². The lowest BCUT2D eigenvalue weighted by Crippen LogP contribution is -2.63. The van der Waals surface area contributed by atoms with Crippen molar-refractivity contribution in [3.63, 3.8) is 0 Å². The molecule has 0 radical (unpaired) electrons. The van der Waals surface area contributed by atoms with Crippen LogP contribution in [0.4, 0.5) is 26.3 Å². The smallest absolute Gasteiger partial charge is 0.439 e. The summed E-state index contributed by atoms with van der Waals surface area (Å²) in [7, 11) is -13.6. The van der Waals surface area contributed by atoms with Gasteiger partial charge in [0, 0.05) is 13.1 Å². The Morgan fingerprint density at radius 3 is 1.69 bits per heavy atom. The van der Waals surface area contributed by atoms with Crippen molar-refractivity contribution in [3.8, 4) is 0 Å². The second kappa shape index (κ2) is 7.53. The van der Waals surface area contributed by atoms with Crippen LogP contribution < -0.4 is 0 Å². The fraction of sp³-hybridized carbons (Fsp3) is 0.923. The van der Waals surface area contributed by atoms with E-state index in [0.717, 1.165) is 0 Å². The molecule has 0 unspecified atom stereocenters. The van der Waals surface area contributed by atoms with Gasteiger partial charge in [0.05, 0.1) is 5.92 Å². The highest BCUT2D eigenvalue weighted by atomic mass is 32.2. The molecule has 0 spiro atoms. The van der Waals surface area contributed by atoms with Gasteiger partial charge in [-0.25, -0.2) is 8.42 Å². The highest BCUT2D eigenvalue weighted by Gasteiger charge is 2.82. The molecular weight excluding hydrogens is 460 g/mol. The largest absolute Gasteiger partial charge is 0.460 e. The van der Waals surface area contributed by atoms with Gasteiger partial charge in [0.1, 0.15) is 5.60 Å². The maximum atomic E-state index is 13.9. The average molecular weight is 479 g/mol. The van der Waals surface area contributed by atoms with Gasteiger partial charge >= 0.3 is 32.5 Å². The first kappa shape index (κ1) is 25.9. The second-order valence-corrected chi connectivity index (χ2v) is 10.7. The van der Waals surface area contributed by atoms with Gasteiger partial charge in [-0.1, -0.05) is 0 Å². The molecule has 0 atom stereocenters. The first-order valence-electron chi connectivity index (χ1n) is 7.92. The highest BCUT2D eigenvalue weighted by Crippen LogP contribution is 2.51. The molecule has 29 heavy (non-hydrogen) atoms. The average Bonchev–Trinajstić information content (AvgIpc) is 2.51. The van der Waals surface area contributed by atoms with Gasteiger partial charge in [-0.2, -0.15) is 39.1 Å². The van der Waals surface area contributed by atoms with E-state index in [1.165, 1.54) is 20.8 Å². The normalized spacial score (nSPS) is 19.2. The fourth-order valence-electron chi connectivity index (χ4n) is 2.37. The first-order valence-corrected chi connectivity index (χ1v) is 10.8. The van der Waals surface area contributed by atoms with Gasteiger partial charge in [-0.3, -0.25) is 9.35 Å². The molecule has 0 aromatic heterocycles. The predicted molar refractivity (Wildman–Crippen MR) is 85.5 cm³/mol. The maximum Gasteiger partial charge on any atom is 0.439 e. The Hall–Kier alpha value is -1.13. The van der Waals surface area contributed by atoms with Crippen molar-refractivity contribution in [1.29, 1.82) is 0 Å². The van der Waals surface area contributed by atoms with Gasteiger partial charge in [-0.05, 0) is 33.6 Å². The number of sulfonamides is 1. The molecular formula is C13H19F6NO7S2. The zero-order valence-corrected chi connectivity index (χ0v) is 17.0. The number of hydrogen-bond acceptors (Lipinski definition) is 6. The molecule has 16 heteroatoms. The van der Waals surface area contributed by atoms with Crippen molar-refractivity contribution < 1.29 is 57.3 Å². The molecule has 0 bridgehead atoms. The zero-order valence-electron chi connectivity index (χ0n) is 15.3. The van der Waals surface area contributed by atoms with E-state index in [4.69, 9.17) is 9.29 Å². The minimum absolute atomic E-state index is 0.248. The summed E-state index contributed by atoms with van der Waals surface area (Å²) in [6.07, 6.45) is -0.852. The molecule has 1 aliphatic heterocycles. The molecule has 1 aliphatic rings. The number of esters is 1. The van der Waals surface area contributed by atoms with Crippen LogP contribution in [-0.2, 0) is 29.7 Å². The lowest BCUT2D eigenvalue weighted by Gasteiger charge is -2.36. The lowest BCUT2D eigenvalue weighted by atomic mass is 9.98. The summed E-state index contributed by atoms with van der Waals surface area (Å²) < 4.78 is 139. The van der Waals surface area contributed by atoms with E-state index in [9.17, 15) is 48.0 Å². The Balaban J connectivity index is 3.10. The molecule has 1 N–H and O–H groups in total. The summed E-state index contributed by atoms with van der Waals surface area (Å²) in [5.74, 6) is -8.73. The Labute approximate surface area is 163 Å². The lowest BCUT2D eigenvalue weighted by molar-refractivity contribution is -0.247. The number of carbonyl (C=O) groups is 1. The van der Waals surface area contributed by atoms with E-state index >= 15 is 0 Å². The minimum Gasteiger partial charge on any atom is -0.460 e. The maximum absolute atomic E-state index is 13.9. The van der Waals surface area contributed by atoms with Crippen molar-refractivity contribution in [2.24, 2.45) is 5.92 Å². The Kier molecular flexibility index (Phi) is 6.73. The molecule has 1 heterocycles. The molecule has 0 aromatic rings. The van der Waals surface area contributed by atoms with E-state index in [2.05, 4.69) is 0 Å². The standard InChI is InChI=1S/C13H19F6NO7S2/c1-10(2,3)27-9(21)8-4-6-20(7-5-8)28(22,23)12(16,17)11(14,15)13(18,19)29(24,25)26/h8H,4-7H2,1-3H3,(H,24,25,26). The van der Waals surface area contributed by atoms with Crippen LogP contribution in [-0.4, -0.2) is 66.8 Å². The summed E-state index contributed by atoms with van der Waals surface area (Å²) >= 11 is 0. The SMILES string of the molecule is CC(C)(C)OC(=O)C1CCN(S(=O)(=O)C(F)(F)C(F)(F)C(F)(F)S(=O)(=O)O)CC1. The number of halogens is 6. The third-order valence-electron chi connectivity index (χ3n) is 3.91. The van der Waals surface area contributed by atoms with Crippen LogP contribution in [0, 0.1) is 5.92 Å². The van der Waals surface area contributed by atoms with Crippen molar-refractivity contribution in [2.45, 2.75) is 55.6 Å². The van der Waals surface area contributed by atoms with E-state index in [1.54, 1.807) is 0 Å². The van der Waals surface area contributed by atoms with Crippen LogP contribution in [0.5, 0.6) is 0 Å². The number of alkyl halides is 6. The summed E-state index contributed by atoms with van der Waals surface area (Å²) in [6.45, 7) is 2.78. The number of hydrogen-bond donors (Lipinski definition) is 1. The Bertz CT molecular complexity index is 843. The van der Waals surface area contributed by atoms with Gasteiger partial charge in [0.25, 0.3) is 10.0 Å². The summed E-state index contributed by atoms with van der Waals surface area (Å²) in [6, 6.07) is 0. The monoisotopic (exact) mass is 479 g/mol. The van der Waals surface area contributed by atoms with E-state index in [0.29, 0.717) is 0 Å². The molecule has 1 rings (SSSR count). The third-order valence-corrected chi connectivity index (χ3v) is 6.77. The fourth-order valence-corrected chi connectivity index (χ4v) is 4.36. The molecule has 172 valence electrons. The van der Waals surface area contributed by atoms with Crippen LogP contribution in [0.2, 0.25) is 0 Å². The van der Waals surface area contributed by atoms with E-state index in [1.807, 2.05) is 0 Å². The highest BCUT2D eigenvalue weighted by molar-refractivity contribution is 7.90. The molecule has 1 fully saturated rings. The summed E-state index contributed by atoms with van der Waals surface area (Å²) in [5, 5.41) is -13.4. The molecule has 0 amide bonds. The Morgan fingerprint density at radius 1 is 0.931 bits per heavy atom. The van der Waals surface area contributed by atoms with Crippen LogP contribution in [0.1, 0.15) is 33.6 Å². The Morgan fingerprint density at radius 2 is 1.34 bits per heavy atom. The minimum atomic E-state index is -7.08. The first-order chi connectivity index (χ1) is 12.6. The number of rotatable bonds is 6. The van der Waals surface area contributed by atoms with Crippen LogP contribution in [0.15, 0.2) is 0 Å². The summed E-state index contributed by atoms with van der Waals surface area (Å²) in [4.78, 5) is 11.9. The van der Waals surface area contributed by atoms with E-state index < -0.39 is 80.0 Å². The molecule has 1 saturated heterocycles. The number of piperidine rings is 1. The van der Waals surface area contributed by atoms with Crippen molar-refractivity contribution in [2.75, 3.05) is 13.1 Å². The van der Waals surface area contributed by atoms with Crippen LogP contribution in [0.3, 0.4) is 0 Å². The van der Waals surface area contributed by atoms with Gasteiger partial charge < -0.3 is 4.74 Å². The molecule has 0 saturated carbocycles. The van der Waals surface area contributed by atoms with Gasteiger partial charge in [0.2, 0.25) is 0 Å². The second-order valence-electron chi connectivity index (χ2n) is 7.29. The number of carbonyl (C=O) groups excluding carboxylic acids is 1. The molecule has 0 aliphatic carbocycles. The molecule has 8 nitrogen and oxygen atoms in total. The number of nitrogens with zero attached hydrogens (tertiary/aromatic N) is 1. The predicted octanol–water partition coefficient (Wildman–Crippen LogP) is 2.08. The third kappa shape index (κ3) is 4.64. The van der Waals surface area contributed by atoms with Crippen molar-refractivity contribution in [1.82, 2.24) is 4.31 Å². The summed E-state index contributed by atoms with van der Waals surface area (Å²) in [5.41, 5.74) is -0.906. The van der Waals surface area contributed by atoms with Crippen LogP contribution >= 0.6 is 0 Å². The number of ether oxygens (including phenoxy) is 1. The topological polar surface area (TPSA) is 118 Å². The zero-order chi connectivity index (χ0) is 23.3. The van der Waals surface area contributed by atoms with Gasteiger partial charge in [-0.15, -0.1) is 0 Å². The van der Waals surface area contributed by atoms with E-state index in [-0.39, 0.29) is 4.31 Å². The quantitative estimate of drug-likeness (QED) is 0.352. The molecule has 0 aromatic carbocycles. The van der Waals surface area contributed by atoms with Crippen LogP contribution in [0.25, 0.3) is 0 Å².